The van der Waals surface area contributed by atoms with Crippen LogP contribution >= 0.6 is 34.2 Å². The Bertz CT molecular complexity index is 1110. The van der Waals surface area contributed by atoms with Gasteiger partial charge in [-0.3, -0.25) is 0 Å². The standard InChI is InChI=1S/C24H18ClFINO2/c1-2-29-23-12-17(10-19(14-28)18-4-3-5-21(26)13-18)11-22(27)24(23)30-15-16-6-8-20(25)9-7-16/h3-13H,2,15H2,1H3/b19-10-. The summed E-state index contributed by atoms with van der Waals surface area (Å²) in [6, 6.07) is 19.3. The molecule has 0 aliphatic rings. The lowest BCUT2D eigenvalue weighted by molar-refractivity contribution is 0.267. The average molecular weight is 534 g/mol. The molecule has 0 unspecified atom stereocenters. The zero-order valence-electron chi connectivity index (χ0n) is 16.2. The van der Waals surface area contributed by atoms with Gasteiger partial charge in [-0.2, -0.15) is 5.26 Å². The van der Waals surface area contributed by atoms with E-state index >= 15 is 0 Å². The number of allylic oxidation sites excluding steroid dienone is 1. The van der Waals surface area contributed by atoms with Crippen LogP contribution in [-0.2, 0) is 6.61 Å². The van der Waals surface area contributed by atoms with Crippen molar-refractivity contribution in [2.75, 3.05) is 6.61 Å². The maximum absolute atomic E-state index is 13.5. The van der Waals surface area contributed by atoms with E-state index in [-0.39, 0.29) is 5.82 Å². The molecule has 3 aromatic carbocycles. The minimum Gasteiger partial charge on any atom is -0.490 e. The Morgan fingerprint density at radius 3 is 2.57 bits per heavy atom. The zero-order chi connectivity index (χ0) is 21.5. The Balaban J connectivity index is 1.92. The molecule has 0 atom stereocenters. The molecule has 0 amide bonds. The SMILES string of the molecule is CCOc1cc(/C=C(/C#N)c2cccc(F)c2)cc(I)c1OCc1ccc(Cl)cc1. The summed E-state index contributed by atoms with van der Waals surface area (Å²) < 4.78 is 26.2. The van der Waals surface area contributed by atoms with Crippen molar-refractivity contribution in [3.8, 4) is 17.6 Å². The molecule has 30 heavy (non-hydrogen) atoms. The molecule has 0 spiro atoms. The number of hydrogen-bond acceptors (Lipinski definition) is 3. The first kappa shape index (κ1) is 22.1. The second-order valence-electron chi connectivity index (χ2n) is 6.36. The first-order valence-electron chi connectivity index (χ1n) is 9.21. The van der Waals surface area contributed by atoms with E-state index in [4.69, 9.17) is 21.1 Å². The highest BCUT2D eigenvalue weighted by atomic mass is 127. The number of nitriles is 1. The first-order valence-corrected chi connectivity index (χ1v) is 10.7. The Hall–Kier alpha value is -2.56. The summed E-state index contributed by atoms with van der Waals surface area (Å²) >= 11 is 8.11. The number of rotatable bonds is 7. The van der Waals surface area contributed by atoms with Gasteiger partial charge in [0, 0.05) is 5.02 Å². The van der Waals surface area contributed by atoms with Crippen LogP contribution in [-0.4, -0.2) is 6.61 Å². The molecular weight excluding hydrogens is 516 g/mol. The maximum Gasteiger partial charge on any atom is 0.175 e. The van der Waals surface area contributed by atoms with Crippen LogP contribution in [0.15, 0.2) is 60.7 Å². The second-order valence-corrected chi connectivity index (χ2v) is 7.96. The second kappa shape index (κ2) is 10.5. The van der Waals surface area contributed by atoms with Crippen molar-refractivity contribution >= 4 is 45.8 Å². The summed E-state index contributed by atoms with van der Waals surface area (Å²) in [6.07, 6.45) is 1.71. The predicted octanol–water partition coefficient (Wildman–Crippen LogP) is 7.13. The lowest BCUT2D eigenvalue weighted by atomic mass is 10.0. The lowest BCUT2D eigenvalue weighted by Crippen LogP contribution is -2.02. The number of benzene rings is 3. The molecule has 0 saturated heterocycles. The molecule has 0 aliphatic heterocycles. The number of hydrogen-bond donors (Lipinski definition) is 0. The van der Waals surface area contributed by atoms with Crippen molar-refractivity contribution in [1.29, 1.82) is 5.26 Å². The normalized spacial score (nSPS) is 11.1. The van der Waals surface area contributed by atoms with Crippen molar-refractivity contribution in [2.45, 2.75) is 13.5 Å². The Labute approximate surface area is 193 Å². The molecule has 0 heterocycles. The van der Waals surface area contributed by atoms with Crippen LogP contribution in [0.5, 0.6) is 11.5 Å². The van der Waals surface area contributed by atoms with Gasteiger partial charge in [0.05, 0.1) is 21.8 Å². The van der Waals surface area contributed by atoms with Gasteiger partial charge in [0.1, 0.15) is 12.4 Å². The van der Waals surface area contributed by atoms with Crippen LogP contribution in [0.4, 0.5) is 4.39 Å². The van der Waals surface area contributed by atoms with Crippen molar-refractivity contribution in [3.05, 3.63) is 91.8 Å². The largest absolute Gasteiger partial charge is 0.490 e. The van der Waals surface area contributed by atoms with E-state index in [2.05, 4.69) is 28.7 Å². The first-order chi connectivity index (χ1) is 14.5. The molecule has 6 heteroatoms. The van der Waals surface area contributed by atoms with Gasteiger partial charge < -0.3 is 9.47 Å². The fourth-order valence-electron chi connectivity index (χ4n) is 2.81. The van der Waals surface area contributed by atoms with Crippen molar-refractivity contribution in [2.24, 2.45) is 0 Å². The Morgan fingerprint density at radius 2 is 1.90 bits per heavy atom. The van der Waals surface area contributed by atoms with Crippen LogP contribution in [0.3, 0.4) is 0 Å². The van der Waals surface area contributed by atoms with E-state index in [9.17, 15) is 9.65 Å². The third-order valence-corrected chi connectivity index (χ3v) is 5.25. The highest BCUT2D eigenvalue weighted by Gasteiger charge is 2.13. The van der Waals surface area contributed by atoms with Gasteiger partial charge in [0.15, 0.2) is 11.5 Å². The smallest absolute Gasteiger partial charge is 0.175 e. The maximum atomic E-state index is 13.5. The summed E-state index contributed by atoms with van der Waals surface area (Å²) in [5.41, 5.74) is 2.64. The summed E-state index contributed by atoms with van der Waals surface area (Å²) in [5.74, 6) is 0.833. The number of ether oxygens (including phenoxy) is 2. The third kappa shape index (κ3) is 5.74. The van der Waals surface area contributed by atoms with E-state index in [0.717, 1.165) is 14.7 Å². The molecule has 0 fully saturated rings. The van der Waals surface area contributed by atoms with Crippen LogP contribution in [0.2, 0.25) is 5.02 Å². The topological polar surface area (TPSA) is 42.2 Å². The van der Waals surface area contributed by atoms with Gasteiger partial charge >= 0.3 is 0 Å². The minimum absolute atomic E-state index is 0.364. The molecule has 0 N–H and O–H groups in total. The molecule has 3 aromatic rings. The highest BCUT2D eigenvalue weighted by molar-refractivity contribution is 14.1. The third-order valence-electron chi connectivity index (χ3n) is 4.20. The van der Waals surface area contributed by atoms with E-state index in [1.54, 1.807) is 18.2 Å². The molecule has 0 aromatic heterocycles. The summed E-state index contributed by atoms with van der Waals surface area (Å²) in [6.45, 7) is 2.73. The quantitative estimate of drug-likeness (QED) is 0.184. The minimum atomic E-state index is -0.385. The molecule has 3 rings (SSSR count). The van der Waals surface area contributed by atoms with E-state index < -0.39 is 0 Å². The van der Waals surface area contributed by atoms with E-state index in [0.29, 0.717) is 40.9 Å². The molecule has 0 aliphatic carbocycles. The Morgan fingerprint density at radius 1 is 1.13 bits per heavy atom. The fraction of sp³-hybridized carbons (Fsp3) is 0.125. The van der Waals surface area contributed by atoms with Crippen LogP contribution in [0, 0.1) is 20.7 Å². The number of halogens is 3. The van der Waals surface area contributed by atoms with Crippen LogP contribution in [0.1, 0.15) is 23.6 Å². The molecule has 0 saturated carbocycles. The van der Waals surface area contributed by atoms with E-state index in [1.165, 1.54) is 12.1 Å². The number of nitrogens with zero attached hydrogens (tertiary/aromatic N) is 1. The van der Waals surface area contributed by atoms with E-state index in [1.807, 2.05) is 43.3 Å². The van der Waals surface area contributed by atoms with Crippen molar-refractivity contribution in [1.82, 2.24) is 0 Å². The molecule has 3 nitrogen and oxygen atoms in total. The highest BCUT2D eigenvalue weighted by Crippen LogP contribution is 2.36. The monoisotopic (exact) mass is 533 g/mol. The summed E-state index contributed by atoms with van der Waals surface area (Å²) in [4.78, 5) is 0. The van der Waals surface area contributed by atoms with Gasteiger partial charge in [-0.05, 0) is 88.7 Å². The van der Waals surface area contributed by atoms with Crippen molar-refractivity contribution < 1.29 is 13.9 Å². The molecular formula is C24H18ClFINO2. The fourth-order valence-corrected chi connectivity index (χ4v) is 3.72. The van der Waals surface area contributed by atoms with Crippen LogP contribution < -0.4 is 9.47 Å². The Kier molecular flexibility index (Phi) is 7.72. The van der Waals surface area contributed by atoms with Crippen molar-refractivity contribution in [3.63, 3.8) is 0 Å². The lowest BCUT2D eigenvalue weighted by Gasteiger charge is -2.15. The predicted molar refractivity (Wildman–Crippen MR) is 126 cm³/mol. The summed E-state index contributed by atoms with van der Waals surface area (Å²) in [5, 5.41) is 10.2. The van der Waals surface area contributed by atoms with Gasteiger partial charge in [-0.25, -0.2) is 4.39 Å². The zero-order valence-corrected chi connectivity index (χ0v) is 19.1. The van der Waals surface area contributed by atoms with Crippen LogP contribution in [0.25, 0.3) is 11.6 Å². The van der Waals surface area contributed by atoms with Gasteiger partial charge in [-0.15, -0.1) is 0 Å². The summed E-state index contributed by atoms with van der Waals surface area (Å²) in [7, 11) is 0. The van der Waals surface area contributed by atoms with Gasteiger partial charge in [0.2, 0.25) is 0 Å². The van der Waals surface area contributed by atoms with Gasteiger partial charge in [0.25, 0.3) is 0 Å². The molecule has 152 valence electrons. The molecule has 0 radical (unpaired) electrons. The average Bonchev–Trinajstić information content (AvgIpc) is 2.73. The molecule has 0 bridgehead atoms. The van der Waals surface area contributed by atoms with Gasteiger partial charge in [-0.1, -0.05) is 35.9 Å².